The second kappa shape index (κ2) is 6.09. The maximum atomic E-state index is 10.6. The van der Waals surface area contributed by atoms with Crippen molar-refractivity contribution in [3.8, 4) is 0 Å². The van der Waals surface area contributed by atoms with Crippen LogP contribution >= 0.6 is 0 Å². The summed E-state index contributed by atoms with van der Waals surface area (Å²) in [7, 11) is 1.72. The van der Waals surface area contributed by atoms with Crippen LogP contribution in [-0.2, 0) is 4.74 Å². The van der Waals surface area contributed by atoms with Crippen LogP contribution in [0.5, 0.6) is 0 Å². The first-order valence-corrected chi connectivity index (χ1v) is 7.05. The molecule has 0 spiro atoms. The summed E-state index contributed by atoms with van der Waals surface area (Å²) in [5, 5.41) is 24.1. The molecule has 1 saturated carbocycles. The predicted octanol–water partition coefficient (Wildman–Crippen LogP) is 2.03. The Labute approximate surface area is 124 Å². The van der Waals surface area contributed by atoms with E-state index in [1.165, 1.54) is 12.1 Å². The molecule has 1 aromatic rings. The first-order valence-electron chi connectivity index (χ1n) is 7.05. The summed E-state index contributed by atoms with van der Waals surface area (Å²) < 4.78 is 5.39. The van der Waals surface area contributed by atoms with E-state index in [1.807, 2.05) is 0 Å². The molecule has 0 radical (unpaired) electrons. The number of nitrogens with zero attached hydrogens (tertiary/aromatic N) is 1. The lowest BCUT2D eigenvalue weighted by atomic mass is 9.64. The van der Waals surface area contributed by atoms with Gasteiger partial charge in [0.15, 0.2) is 0 Å². The summed E-state index contributed by atoms with van der Waals surface area (Å²) in [6.45, 7) is 4.70. The molecule has 0 saturated heterocycles. The Morgan fingerprint density at radius 2 is 2.10 bits per heavy atom. The van der Waals surface area contributed by atoms with Crippen molar-refractivity contribution in [1.82, 2.24) is 5.32 Å². The molecule has 2 N–H and O–H groups in total. The molecule has 2 rings (SSSR count). The number of methoxy groups -OCH3 is 1. The van der Waals surface area contributed by atoms with Gasteiger partial charge in [-0.1, -0.05) is 13.8 Å². The van der Waals surface area contributed by atoms with Crippen LogP contribution in [0.15, 0.2) is 24.3 Å². The second-order valence-electron chi connectivity index (χ2n) is 6.11. The van der Waals surface area contributed by atoms with E-state index in [0.717, 1.165) is 6.42 Å². The Kier molecular flexibility index (Phi) is 4.61. The van der Waals surface area contributed by atoms with Crippen LogP contribution in [0.25, 0.3) is 0 Å². The molecular formula is C15H22N2O4. The third-order valence-corrected chi connectivity index (χ3v) is 4.51. The number of benzene rings is 1. The highest BCUT2D eigenvalue weighted by atomic mass is 16.6. The van der Waals surface area contributed by atoms with Crippen LogP contribution in [0.2, 0.25) is 0 Å². The monoisotopic (exact) mass is 294 g/mol. The first-order chi connectivity index (χ1) is 9.86. The van der Waals surface area contributed by atoms with Gasteiger partial charge in [0.2, 0.25) is 0 Å². The number of nitro groups is 1. The normalized spacial score (nSPS) is 25.1. The number of ether oxygens (including phenoxy) is 1. The molecule has 1 aliphatic carbocycles. The van der Waals surface area contributed by atoms with E-state index in [2.05, 4.69) is 19.2 Å². The summed E-state index contributed by atoms with van der Waals surface area (Å²) in [6, 6.07) is 6.30. The minimum atomic E-state index is -0.678. The number of nitrogens with one attached hydrogen (secondary N) is 1. The van der Waals surface area contributed by atoms with Gasteiger partial charge in [-0.15, -0.1) is 0 Å². The fourth-order valence-corrected chi connectivity index (χ4v) is 2.82. The van der Waals surface area contributed by atoms with Crippen molar-refractivity contribution in [2.45, 2.75) is 38.5 Å². The van der Waals surface area contributed by atoms with Gasteiger partial charge in [-0.25, -0.2) is 0 Å². The maximum absolute atomic E-state index is 10.6. The highest BCUT2D eigenvalue weighted by Crippen LogP contribution is 2.42. The van der Waals surface area contributed by atoms with E-state index in [4.69, 9.17) is 4.74 Å². The number of rotatable bonds is 6. The minimum absolute atomic E-state index is 0.0296. The predicted molar refractivity (Wildman–Crippen MR) is 79.0 cm³/mol. The van der Waals surface area contributed by atoms with Gasteiger partial charge in [0.1, 0.15) is 0 Å². The first kappa shape index (κ1) is 15.9. The van der Waals surface area contributed by atoms with Crippen molar-refractivity contribution in [3.05, 3.63) is 39.9 Å². The average Bonchev–Trinajstić information content (AvgIpc) is 2.46. The molecule has 116 valence electrons. The summed E-state index contributed by atoms with van der Waals surface area (Å²) >= 11 is 0. The number of non-ortho nitro benzene ring substituents is 1. The van der Waals surface area contributed by atoms with Crippen molar-refractivity contribution in [3.63, 3.8) is 0 Å². The number of hydrogen-bond acceptors (Lipinski definition) is 5. The van der Waals surface area contributed by atoms with E-state index in [-0.39, 0.29) is 17.2 Å². The zero-order valence-electron chi connectivity index (χ0n) is 12.6. The highest BCUT2D eigenvalue weighted by Gasteiger charge is 2.48. The lowest BCUT2D eigenvalue weighted by Gasteiger charge is -2.51. The molecule has 1 aromatic carbocycles. The van der Waals surface area contributed by atoms with Gasteiger partial charge in [0, 0.05) is 37.2 Å². The van der Waals surface area contributed by atoms with Crippen LogP contribution in [0.1, 0.15) is 31.9 Å². The third-order valence-electron chi connectivity index (χ3n) is 4.51. The number of aliphatic hydroxyl groups is 1. The van der Waals surface area contributed by atoms with Crippen LogP contribution in [0, 0.1) is 15.5 Å². The van der Waals surface area contributed by atoms with Crippen LogP contribution in [0.4, 0.5) is 5.69 Å². The van der Waals surface area contributed by atoms with Crippen molar-refractivity contribution in [1.29, 1.82) is 0 Å². The highest BCUT2D eigenvalue weighted by molar-refractivity contribution is 5.33. The van der Waals surface area contributed by atoms with Crippen LogP contribution in [0.3, 0.4) is 0 Å². The summed E-state index contributed by atoms with van der Waals surface area (Å²) in [6.07, 6.45) is 0.492. The Balaban J connectivity index is 1.88. The lowest BCUT2D eigenvalue weighted by Crippen LogP contribution is -2.61. The molecule has 0 bridgehead atoms. The van der Waals surface area contributed by atoms with E-state index in [1.54, 1.807) is 19.2 Å². The zero-order chi connectivity index (χ0) is 15.6. The molecule has 0 heterocycles. The van der Waals surface area contributed by atoms with Crippen LogP contribution < -0.4 is 5.32 Å². The van der Waals surface area contributed by atoms with E-state index in [0.29, 0.717) is 18.2 Å². The zero-order valence-corrected chi connectivity index (χ0v) is 12.6. The quantitative estimate of drug-likeness (QED) is 0.619. The van der Waals surface area contributed by atoms with Crippen LogP contribution in [-0.4, -0.2) is 35.8 Å². The molecule has 6 heteroatoms. The fraction of sp³-hybridized carbons (Fsp3) is 0.600. The standard InChI is InChI=1S/C15H22N2O4/c1-15(2)13(8-14(15)21-3)16-9-12(18)10-4-6-11(7-5-10)17(19)20/h4-7,12-14,16,18H,8-9H2,1-3H3. The van der Waals surface area contributed by atoms with Gasteiger partial charge >= 0.3 is 0 Å². The Morgan fingerprint density at radius 1 is 1.48 bits per heavy atom. The van der Waals surface area contributed by atoms with Crippen molar-refractivity contribution in [2.24, 2.45) is 5.41 Å². The summed E-state index contributed by atoms with van der Waals surface area (Å²) in [4.78, 5) is 10.1. The Bertz CT molecular complexity index is 501. The van der Waals surface area contributed by atoms with Gasteiger partial charge in [-0.3, -0.25) is 10.1 Å². The molecule has 21 heavy (non-hydrogen) atoms. The van der Waals surface area contributed by atoms with Crippen molar-refractivity contribution < 1.29 is 14.8 Å². The lowest BCUT2D eigenvalue weighted by molar-refractivity contribution is -0.384. The van der Waals surface area contributed by atoms with Gasteiger partial charge in [0.05, 0.1) is 17.1 Å². The number of aliphatic hydroxyl groups excluding tert-OH is 1. The molecule has 0 aromatic heterocycles. The molecule has 3 atom stereocenters. The maximum Gasteiger partial charge on any atom is 0.269 e. The molecule has 6 nitrogen and oxygen atoms in total. The van der Waals surface area contributed by atoms with Crippen molar-refractivity contribution in [2.75, 3.05) is 13.7 Å². The SMILES string of the molecule is COC1CC(NCC(O)c2ccc([N+](=O)[O-])cc2)C1(C)C. The average molecular weight is 294 g/mol. The fourth-order valence-electron chi connectivity index (χ4n) is 2.82. The van der Waals surface area contributed by atoms with Gasteiger partial charge in [-0.2, -0.15) is 0 Å². The largest absolute Gasteiger partial charge is 0.387 e. The molecule has 0 amide bonds. The topological polar surface area (TPSA) is 84.6 Å². The van der Waals surface area contributed by atoms with E-state index < -0.39 is 11.0 Å². The number of hydrogen-bond donors (Lipinski definition) is 2. The van der Waals surface area contributed by atoms with E-state index >= 15 is 0 Å². The smallest absolute Gasteiger partial charge is 0.269 e. The Morgan fingerprint density at radius 3 is 2.57 bits per heavy atom. The molecule has 1 fully saturated rings. The Hall–Kier alpha value is -1.50. The molecule has 0 aliphatic heterocycles. The molecule has 1 aliphatic rings. The van der Waals surface area contributed by atoms with Gasteiger partial charge in [0.25, 0.3) is 5.69 Å². The van der Waals surface area contributed by atoms with E-state index in [9.17, 15) is 15.2 Å². The minimum Gasteiger partial charge on any atom is -0.387 e. The van der Waals surface area contributed by atoms with Gasteiger partial charge < -0.3 is 15.2 Å². The molecule has 3 unspecified atom stereocenters. The second-order valence-corrected chi connectivity index (χ2v) is 6.11. The third kappa shape index (κ3) is 3.23. The van der Waals surface area contributed by atoms with Crippen molar-refractivity contribution >= 4 is 5.69 Å². The van der Waals surface area contributed by atoms with Gasteiger partial charge in [-0.05, 0) is 24.1 Å². The summed E-state index contributed by atoms with van der Waals surface area (Å²) in [5.74, 6) is 0. The number of nitro benzene ring substituents is 1. The molecular weight excluding hydrogens is 272 g/mol. The summed E-state index contributed by atoms with van der Waals surface area (Å²) in [5.41, 5.74) is 0.750.